The van der Waals surface area contributed by atoms with Crippen molar-refractivity contribution >= 4 is 11.0 Å². The highest BCUT2D eigenvalue weighted by Gasteiger charge is 2.43. The van der Waals surface area contributed by atoms with Gasteiger partial charge in [-0.3, -0.25) is 5.10 Å². The zero-order chi connectivity index (χ0) is 11.5. The van der Waals surface area contributed by atoms with Gasteiger partial charge in [0.15, 0.2) is 0 Å². The summed E-state index contributed by atoms with van der Waals surface area (Å²) < 4.78 is 0. The van der Waals surface area contributed by atoms with Crippen molar-refractivity contribution in [3.8, 4) is 0 Å². The van der Waals surface area contributed by atoms with Gasteiger partial charge in [-0.1, -0.05) is 27.7 Å². The third-order valence-corrected chi connectivity index (χ3v) is 4.44. The second-order valence-corrected chi connectivity index (χ2v) is 5.53. The summed E-state index contributed by atoms with van der Waals surface area (Å²) in [5.41, 5.74) is 4.83. The molecule has 0 aliphatic heterocycles. The minimum absolute atomic E-state index is 0.167. The molecule has 16 heavy (non-hydrogen) atoms. The van der Waals surface area contributed by atoms with Crippen molar-refractivity contribution in [2.75, 3.05) is 0 Å². The Morgan fingerprint density at radius 2 is 2.06 bits per heavy atom. The largest absolute Gasteiger partial charge is 0.276 e. The average Bonchev–Trinajstić information content (AvgIpc) is 2.76. The molecule has 3 rings (SSSR count). The third-order valence-electron chi connectivity index (χ3n) is 4.44. The van der Waals surface area contributed by atoms with Crippen LogP contribution in [0.1, 0.15) is 44.9 Å². The van der Waals surface area contributed by atoms with Gasteiger partial charge in [0, 0.05) is 5.41 Å². The highest BCUT2D eigenvalue weighted by atomic mass is 15.1. The maximum atomic E-state index is 4.78. The summed E-state index contributed by atoms with van der Waals surface area (Å²) >= 11 is 0. The summed E-state index contributed by atoms with van der Waals surface area (Å²) in [7, 11) is 0. The maximum absolute atomic E-state index is 4.78. The van der Waals surface area contributed by atoms with Crippen molar-refractivity contribution in [3.63, 3.8) is 0 Å². The van der Waals surface area contributed by atoms with Gasteiger partial charge in [-0.05, 0) is 23.5 Å². The lowest BCUT2D eigenvalue weighted by Gasteiger charge is -2.25. The van der Waals surface area contributed by atoms with E-state index in [2.05, 4.69) is 44.0 Å². The van der Waals surface area contributed by atoms with Crippen LogP contribution in [0.15, 0.2) is 12.3 Å². The summed E-state index contributed by atoms with van der Waals surface area (Å²) in [5.74, 6) is 1.21. The Morgan fingerprint density at radius 1 is 1.31 bits per heavy atom. The van der Waals surface area contributed by atoms with Crippen LogP contribution in [-0.4, -0.2) is 15.2 Å². The van der Waals surface area contributed by atoms with Gasteiger partial charge in [0.1, 0.15) is 5.52 Å². The number of pyridine rings is 1. The van der Waals surface area contributed by atoms with Gasteiger partial charge in [-0.2, -0.15) is 5.10 Å². The molecule has 3 nitrogen and oxygen atoms in total. The van der Waals surface area contributed by atoms with Gasteiger partial charge < -0.3 is 0 Å². The third kappa shape index (κ3) is 1.03. The lowest BCUT2D eigenvalue weighted by Crippen LogP contribution is -2.23. The molecule has 0 spiro atoms. The maximum Gasteiger partial charge on any atom is 0.108 e. The van der Waals surface area contributed by atoms with Crippen LogP contribution in [-0.2, 0) is 5.41 Å². The number of rotatable bonds is 0. The number of nitrogens with one attached hydrogen (secondary N) is 1. The smallest absolute Gasteiger partial charge is 0.108 e. The van der Waals surface area contributed by atoms with Crippen molar-refractivity contribution in [1.82, 2.24) is 15.2 Å². The average molecular weight is 215 g/mol. The molecule has 2 heterocycles. The standard InChI is InChI=1S/C13H17N3/c1-7-8(2)13(3,4)12-9(7)5-10-11(15-12)6-14-16-10/h5-8H,1-4H3,(H,14,16)/t7-,8-/m0/s1. The van der Waals surface area contributed by atoms with Crippen LogP contribution in [0, 0.1) is 5.92 Å². The first-order chi connectivity index (χ1) is 7.51. The predicted octanol–water partition coefficient (Wildman–Crippen LogP) is 2.99. The van der Waals surface area contributed by atoms with E-state index in [0.29, 0.717) is 11.8 Å². The van der Waals surface area contributed by atoms with E-state index in [1.54, 1.807) is 6.20 Å². The topological polar surface area (TPSA) is 41.6 Å². The number of aromatic nitrogens is 3. The van der Waals surface area contributed by atoms with E-state index in [1.807, 2.05) is 0 Å². The number of H-pyrrole nitrogens is 1. The molecule has 0 radical (unpaired) electrons. The summed E-state index contributed by atoms with van der Waals surface area (Å²) in [6, 6.07) is 2.22. The Labute approximate surface area is 95.3 Å². The van der Waals surface area contributed by atoms with E-state index in [-0.39, 0.29) is 5.41 Å². The number of hydrogen-bond donors (Lipinski definition) is 1. The summed E-state index contributed by atoms with van der Waals surface area (Å²) in [6.07, 6.45) is 1.80. The van der Waals surface area contributed by atoms with E-state index in [1.165, 1.54) is 11.3 Å². The lowest BCUT2D eigenvalue weighted by molar-refractivity contribution is 0.337. The minimum Gasteiger partial charge on any atom is -0.276 e. The van der Waals surface area contributed by atoms with Crippen LogP contribution < -0.4 is 0 Å². The first-order valence-electron chi connectivity index (χ1n) is 5.86. The normalized spacial score (nSPS) is 27.2. The van der Waals surface area contributed by atoms with Crippen molar-refractivity contribution in [2.45, 2.75) is 39.0 Å². The fraction of sp³-hybridized carbons (Fsp3) is 0.538. The van der Waals surface area contributed by atoms with E-state index >= 15 is 0 Å². The Balaban J connectivity index is 2.33. The van der Waals surface area contributed by atoms with Crippen LogP contribution in [0.2, 0.25) is 0 Å². The van der Waals surface area contributed by atoms with Crippen molar-refractivity contribution in [2.24, 2.45) is 5.92 Å². The van der Waals surface area contributed by atoms with E-state index in [9.17, 15) is 0 Å². The van der Waals surface area contributed by atoms with Gasteiger partial charge in [-0.15, -0.1) is 0 Å². The molecular formula is C13H17N3. The van der Waals surface area contributed by atoms with Gasteiger partial charge in [-0.25, -0.2) is 4.98 Å². The molecule has 0 aromatic carbocycles. The van der Waals surface area contributed by atoms with Crippen LogP contribution in [0.3, 0.4) is 0 Å². The Kier molecular flexibility index (Phi) is 1.74. The Morgan fingerprint density at radius 3 is 2.81 bits per heavy atom. The molecule has 0 fully saturated rings. The number of aromatic amines is 1. The highest BCUT2D eigenvalue weighted by Crippen LogP contribution is 2.49. The zero-order valence-electron chi connectivity index (χ0n) is 10.2. The lowest BCUT2D eigenvalue weighted by atomic mass is 9.79. The quantitative estimate of drug-likeness (QED) is 0.734. The fourth-order valence-corrected chi connectivity index (χ4v) is 2.87. The molecule has 2 atom stereocenters. The summed E-state index contributed by atoms with van der Waals surface area (Å²) in [6.45, 7) is 9.19. The highest BCUT2D eigenvalue weighted by molar-refractivity contribution is 5.75. The van der Waals surface area contributed by atoms with Crippen LogP contribution >= 0.6 is 0 Å². The van der Waals surface area contributed by atoms with Crippen LogP contribution in [0.4, 0.5) is 0 Å². The van der Waals surface area contributed by atoms with Crippen LogP contribution in [0.5, 0.6) is 0 Å². The fourth-order valence-electron chi connectivity index (χ4n) is 2.87. The van der Waals surface area contributed by atoms with Crippen LogP contribution in [0.25, 0.3) is 11.0 Å². The number of fused-ring (bicyclic) bond motifs is 2. The van der Waals surface area contributed by atoms with E-state index in [0.717, 1.165) is 11.0 Å². The van der Waals surface area contributed by atoms with Crippen molar-refractivity contribution in [3.05, 3.63) is 23.5 Å². The molecule has 3 heteroatoms. The molecular weight excluding hydrogens is 198 g/mol. The van der Waals surface area contributed by atoms with Gasteiger partial charge in [0.2, 0.25) is 0 Å². The molecule has 2 aromatic rings. The molecule has 0 saturated heterocycles. The molecule has 1 aliphatic carbocycles. The summed E-state index contributed by atoms with van der Waals surface area (Å²) in [5, 5.41) is 7.05. The molecule has 0 bridgehead atoms. The summed E-state index contributed by atoms with van der Waals surface area (Å²) in [4.78, 5) is 4.78. The monoisotopic (exact) mass is 215 g/mol. The number of hydrogen-bond acceptors (Lipinski definition) is 2. The molecule has 2 aromatic heterocycles. The van der Waals surface area contributed by atoms with Crippen molar-refractivity contribution in [1.29, 1.82) is 0 Å². The second-order valence-electron chi connectivity index (χ2n) is 5.53. The molecule has 1 aliphatic rings. The molecule has 0 amide bonds. The molecule has 0 saturated carbocycles. The number of nitrogens with zero attached hydrogens (tertiary/aromatic N) is 2. The first kappa shape index (κ1) is 9.82. The minimum atomic E-state index is 0.167. The van der Waals surface area contributed by atoms with Gasteiger partial charge in [0.05, 0.1) is 17.4 Å². The first-order valence-corrected chi connectivity index (χ1v) is 5.86. The zero-order valence-corrected chi connectivity index (χ0v) is 10.2. The second kappa shape index (κ2) is 2.84. The molecule has 1 N–H and O–H groups in total. The Hall–Kier alpha value is -1.38. The Bertz CT molecular complexity index is 553. The molecule has 0 unspecified atom stereocenters. The SMILES string of the molecule is C[C@@H]1c2cc3[nH]ncc3nc2C(C)(C)[C@H]1C. The van der Waals surface area contributed by atoms with Gasteiger partial charge >= 0.3 is 0 Å². The molecule has 84 valence electrons. The predicted molar refractivity (Wildman–Crippen MR) is 64.5 cm³/mol. The van der Waals surface area contributed by atoms with Gasteiger partial charge in [0.25, 0.3) is 0 Å². The van der Waals surface area contributed by atoms with Crippen molar-refractivity contribution < 1.29 is 0 Å². The van der Waals surface area contributed by atoms with E-state index < -0.39 is 0 Å². The van der Waals surface area contributed by atoms with E-state index in [4.69, 9.17) is 4.98 Å².